The van der Waals surface area contributed by atoms with Crippen LogP contribution in [-0.2, 0) is 0 Å². The number of anilines is 1. The standard InChI is InChI=1S/C11H11N3OS2/c1-13-10(15)8-9(12)14(11(16)17-8)7-5-3-2-4-6-7/h2-6H,12H2,1H3,(H,13,15). The number of hydrogen-bond acceptors (Lipinski definition) is 4. The molecule has 1 aromatic carbocycles. The lowest BCUT2D eigenvalue weighted by molar-refractivity contribution is 0.0967. The van der Waals surface area contributed by atoms with Crippen LogP contribution in [0.25, 0.3) is 5.69 Å². The SMILES string of the molecule is CNC(=O)c1sc(=S)n(-c2ccccc2)c1N. The molecule has 0 aliphatic carbocycles. The number of para-hydroxylation sites is 1. The molecule has 2 aromatic rings. The highest BCUT2D eigenvalue weighted by Crippen LogP contribution is 2.25. The van der Waals surface area contributed by atoms with Gasteiger partial charge in [0, 0.05) is 12.7 Å². The maximum absolute atomic E-state index is 11.6. The van der Waals surface area contributed by atoms with Gasteiger partial charge in [-0.3, -0.25) is 9.36 Å². The Hall–Kier alpha value is -1.66. The number of thiazole rings is 1. The predicted molar refractivity (Wildman–Crippen MR) is 72.3 cm³/mol. The molecule has 17 heavy (non-hydrogen) atoms. The highest BCUT2D eigenvalue weighted by molar-refractivity contribution is 7.73. The first-order valence-electron chi connectivity index (χ1n) is 4.94. The van der Waals surface area contributed by atoms with Gasteiger partial charge in [-0.25, -0.2) is 0 Å². The Kier molecular flexibility index (Phi) is 3.26. The van der Waals surface area contributed by atoms with Gasteiger partial charge >= 0.3 is 0 Å². The summed E-state index contributed by atoms with van der Waals surface area (Å²) in [6, 6.07) is 9.50. The largest absolute Gasteiger partial charge is 0.383 e. The molecular formula is C11H11N3OS2. The molecule has 0 aliphatic rings. The van der Waals surface area contributed by atoms with Crippen LogP contribution in [0.4, 0.5) is 5.82 Å². The normalized spacial score (nSPS) is 10.2. The topological polar surface area (TPSA) is 60.0 Å². The fourth-order valence-corrected chi connectivity index (χ4v) is 2.80. The van der Waals surface area contributed by atoms with Gasteiger partial charge in [0.05, 0.1) is 0 Å². The van der Waals surface area contributed by atoms with Crippen molar-refractivity contribution >= 4 is 35.3 Å². The predicted octanol–water partition coefficient (Wildman–Crippen LogP) is 2.21. The van der Waals surface area contributed by atoms with Crippen molar-refractivity contribution in [3.8, 4) is 5.69 Å². The van der Waals surface area contributed by atoms with Crippen LogP contribution < -0.4 is 11.1 Å². The first kappa shape index (κ1) is 11.8. The van der Waals surface area contributed by atoms with Gasteiger partial charge in [-0.1, -0.05) is 29.5 Å². The molecule has 1 heterocycles. The van der Waals surface area contributed by atoms with Gasteiger partial charge in [0.2, 0.25) is 0 Å². The van der Waals surface area contributed by atoms with E-state index in [1.807, 2.05) is 30.3 Å². The van der Waals surface area contributed by atoms with E-state index in [1.165, 1.54) is 11.3 Å². The number of nitrogens with zero attached hydrogens (tertiary/aromatic N) is 1. The molecule has 88 valence electrons. The second kappa shape index (κ2) is 4.68. The Morgan fingerprint density at radius 3 is 2.65 bits per heavy atom. The summed E-state index contributed by atoms with van der Waals surface area (Å²) in [5.41, 5.74) is 6.82. The third kappa shape index (κ3) is 2.09. The van der Waals surface area contributed by atoms with E-state index in [9.17, 15) is 4.79 Å². The minimum absolute atomic E-state index is 0.215. The quantitative estimate of drug-likeness (QED) is 0.818. The molecule has 3 N–H and O–H groups in total. The Morgan fingerprint density at radius 2 is 2.06 bits per heavy atom. The Labute approximate surface area is 108 Å². The molecule has 0 aliphatic heterocycles. The molecule has 0 fully saturated rings. The van der Waals surface area contributed by atoms with Crippen LogP contribution in [0.1, 0.15) is 9.67 Å². The van der Waals surface area contributed by atoms with Crippen LogP contribution >= 0.6 is 23.6 Å². The summed E-state index contributed by atoms with van der Waals surface area (Å²) in [4.78, 5) is 12.0. The molecule has 0 spiro atoms. The van der Waals surface area contributed by atoms with E-state index in [4.69, 9.17) is 18.0 Å². The third-order valence-electron chi connectivity index (χ3n) is 2.29. The number of benzene rings is 1. The Morgan fingerprint density at radius 1 is 1.41 bits per heavy atom. The van der Waals surface area contributed by atoms with Crippen molar-refractivity contribution in [2.24, 2.45) is 0 Å². The number of hydrogen-bond donors (Lipinski definition) is 2. The highest BCUT2D eigenvalue weighted by atomic mass is 32.1. The maximum Gasteiger partial charge on any atom is 0.264 e. The van der Waals surface area contributed by atoms with Crippen molar-refractivity contribution in [3.05, 3.63) is 39.2 Å². The first-order chi connectivity index (χ1) is 8.15. The summed E-state index contributed by atoms with van der Waals surface area (Å²) in [5, 5.41) is 2.55. The van der Waals surface area contributed by atoms with Gasteiger partial charge in [0.1, 0.15) is 10.7 Å². The van der Waals surface area contributed by atoms with E-state index >= 15 is 0 Å². The Bertz CT molecular complexity index is 601. The summed E-state index contributed by atoms with van der Waals surface area (Å²) >= 11 is 6.44. The molecule has 0 radical (unpaired) electrons. The van der Waals surface area contributed by atoms with Crippen LogP contribution in [-0.4, -0.2) is 17.5 Å². The van der Waals surface area contributed by atoms with E-state index in [2.05, 4.69) is 5.32 Å². The van der Waals surface area contributed by atoms with Crippen molar-refractivity contribution in [1.29, 1.82) is 0 Å². The number of carbonyl (C=O) groups excluding carboxylic acids is 1. The first-order valence-corrected chi connectivity index (χ1v) is 6.16. The van der Waals surface area contributed by atoms with Crippen molar-refractivity contribution in [2.75, 3.05) is 12.8 Å². The van der Waals surface area contributed by atoms with E-state index in [-0.39, 0.29) is 5.91 Å². The second-order valence-corrected chi connectivity index (χ2v) is 4.98. The molecule has 6 heteroatoms. The molecule has 0 atom stereocenters. The number of nitrogens with one attached hydrogen (secondary N) is 1. The van der Waals surface area contributed by atoms with Crippen LogP contribution in [0.5, 0.6) is 0 Å². The van der Waals surface area contributed by atoms with E-state index < -0.39 is 0 Å². The second-order valence-electron chi connectivity index (χ2n) is 3.33. The molecule has 2 rings (SSSR count). The van der Waals surface area contributed by atoms with Crippen LogP contribution in [0, 0.1) is 3.95 Å². The Balaban J connectivity index is 2.61. The summed E-state index contributed by atoms with van der Waals surface area (Å²) in [6.07, 6.45) is 0. The van der Waals surface area contributed by atoms with Crippen molar-refractivity contribution < 1.29 is 4.79 Å². The molecule has 0 saturated heterocycles. The third-order valence-corrected chi connectivity index (χ3v) is 3.68. The van der Waals surface area contributed by atoms with Gasteiger partial charge in [-0.05, 0) is 24.4 Å². The molecule has 1 amide bonds. The van der Waals surface area contributed by atoms with Crippen molar-refractivity contribution in [3.63, 3.8) is 0 Å². The average molecular weight is 265 g/mol. The van der Waals surface area contributed by atoms with Gasteiger partial charge in [0.15, 0.2) is 3.95 Å². The molecule has 0 bridgehead atoms. The molecular weight excluding hydrogens is 254 g/mol. The van der Waals surface area contributed by atoms with Gasteiger partial charge < -0.3 is 11.1 Å². The number of nitrogen functional groups attached to an aromatic ring is 1. The zero-order chi connectivity index (χ0) is 12.4. The van der Waals surface area contributed by atoms with E-state index in [1.54, 1.807) is 11.6 Å². The fourth-order valence-electron chi connectivity index (χ4n) is 1.48. The lowest BCUT2D eigenvalue weighted by Crippen LogP contribution is -2.18. The number of rotatable bonds is 2. The fraction of sp³-hybridized carbons (Fsp3) is 0.0909. The summed E-state index contributed by atoms with van der Waals surface area (Å²) in [6.45, 7) is 0. The number of nitrogens with two attached hydrogens (primary N) is 1. The van der Waals surface area contributed by atoms with Crippen LogP contribution in [0.3, 0.4) is 0 Å². The zero-order valence-electron chi connectivity index (χ0n) is 9.14. The molecule has 4 nitrogen and oxygen atoms in total. The lowest BCUT2D eigenvalue weighted by Gasteiger charge is -2.05. The van der Waals surface area contributed by atoms with E-state index in [0.29, 0.717) is 14.6 Å². The minimum Gasteiger partial charge on any atom is -0.383 e. The van der Waals surface area contributed by atoms with E-state index in [0.717, 1.165) is 5.69 Å². The summed E-state index contributed by atoms with van der Waals surface area (Å²) in [5.74, 6) is 0.166. The molecule has 0 unspecified atom stereocenters. The zero-order valence-corrected chi connectivity index (χ0v) is 10.8. The van der Waals surface area contributed by atoms with Gasteiger partial charge in [0.25, 0.3) is 5.91 Å². The molecule has 1 aromatic heterocycles. The lowest BCUT2D eigenvalue weighted by atomic mass is 10.3. The van der Waals surface area contributed by atoms with Crippen molar-refractivity contribution in [2.45, 2.75) is 0 Å². The number of aromatic nitrogens is 1. The van der Waals surface area contributed by atoms with Crippen molar-refractivity contribution in [1.82, 2.24) is 9.88 Å². The molecule has 0 saturated carbocycles. The number of amides is 1. The average Bonchev–Trinajstić information content (AvgIpc) is 2.65. The number of carbonyl (C=O) groups is 1. The highest BCUT2D eigenvalue weighted by Gasteiger charge is 2.16. The monoisotopic (exact) mass is 265 g/mol. The van der Waals surface area contributed by atoms with Gasteiger partial charge in [-0.15, -0.1) is 0 Å². The minimum atomic E-state index is -0.215. The smallest absolute Gasteiger partial charge is 0.264 e. The maximum atomic E-state index is 11.6. The van der Waals surface area contributed by atoms with Gasteiger partial charge in [-0.2, -0.15) is 0 Å². The summed E-state index contributed by atoms with van der Waals surface area (Å²) < 4.78 is 2.26. The van der Waals surface area contributed by atoms with Crippen LogP contribution in [0.15, 0.2) is 30.3 Å². The van der Waals surface area contributed by atoms with Crippen LogP contribution in [0.2, 0.25) is 0 Å². The summed E-state index contributed by atoms with van der Waals surface area (Å²) in [7, 11) is 1.57.